The van der Waals surface area contributed by atoms with Gasteiger partial charge in [0.25, 0.3) is 0 Å². The summed E-state index contributed by atoms with van der Waals surface area (Å²) in [4.78, 5) is 2.34. The Balaban J connectivity index is 2.45. The minimum Gasteiger partial charge on any atom is -0.303 e. The summed E-state index contributed by atoms with van der Waals surface area (Å²) in [5, 5.41) is 0. The molecule has 0 aromatic heterocycles. The highest BCUT2D eigenvalue weighted by Crippen LogP contribution is 2.27. The molecular weight excluding hydrogens is 189 g/mol. The van der Waals surface area contributed by atoms with Gasteiger partial charge in [0, 0.05) is 32.5 Å². The Morgan fingerprint density at radius 2 is 1.80 bits per heavy atom. The van der Waals surface area contributed by atoms with Crippen molar-refractivity contribution in [2.45, 2.75) is 46.2 Å². The minimum atomic E-state index is -1.22. The molecule has 0 saturated carbocycles. The van der Waals surface area contributed by atoms with Crippen molar-refractivity contribution in [2.24, 2.45) is 5.41 Å². The molecule has 0 spiro atoms. The zero-order valence-corrected chi connectivity index (χ0v) is 10.4. The first-order chi connectivity index (χ1) is 6.85. The van der Waals surface area contributed by atoms with Crippen LogP contribution in [-0.2, 0) is 0 Å². The van der Waals surface area contributed by atoms with Gasteiger partial charge in [0.15, 0.2) is 5.67 Å². The summed E-state index contributed by atoms with van der Waals surface area (Å²) in [6, 6.07) is 0. The quantitative estimate of drug-likeness (QED) is 0.603. The van der Waals surface area contributed by atoms with Crippen molar-refractivity contribution < 1.29 is 4.39 Å². The molecule has 1 heterocycles. The molecule has 0 amide bonds. The van der Waals surface area contributed by atoms with E-state index in [2.05, 4.69) is 37.5 Å². The van der Waals surface area contributed by atoms with Crippen LogP contribution < -0.4 is 0 Å². The fourth-order valence-corrected chi connectivity index (χ4v) is 2.09. The van der Waals surface area contributed by atoms with Crippen LogP contribution in [0.4, 0.5) is 4.39 Å². The molecule has 1 nitrogen and oxygen atoms in total. The number of hydrogen-bond donors (Lipinski definition) is 0. The molecule has 86 valence electrons. The number of halogens is 1. The van der Waals surface area contributed by atoms with Gasteiger partial charge >= 0.3 is 0 Å². The maximum absolute atomic E-state index is 14.0. The smallest absolute Gasteiger partial charge is 0.173 e. The third-order valence-corrected chi connectivity index (χ3v) is 2.70. The molecular formula is C13H22FN. The van der Waals surface area contributed by atoms with Gasteiger partial charge in [-0.05, 0) is 12.3 Å². The highest BCUT2D eigenvalue weighted by atomic mass is 19.1. The summed E-state index contributed by atoms with van der Waals surface area (Å²) in [6.45, 7) is 11.1. The van der Waals surface area contributed by atoms with Crippen LogP contribution in [0.25, 0.3) is 0 Å². The number of piperidine rings is 1. The number of likely N-dealkylation sites (tertiary alicyclic amines) is 1. The maximum Gasteiger partial charge on any atom is 0.173 e. The molecule has 15 heavy (non-hydrogen) atoms. The first-order valence-electron chi connectivity index (χ1n) is 5.70. The minimum absolute atomic E-state index is 0.298. The molecule has 1 rings (SSSR count). The van der Waals surface area contributed by atoms with Gasteiger partial charge in [-0.2, -0.15) is 0 Å². The van der Waals surface area contributed by atoms with E-state index < -0.39 is 5.67 Å². The fourth-order valence-electron chi connectivity index (χ4n) is 2.09. The van der Waals surface area contributed by atoms with Crippen molar-refractivity contribution in [3.8, 4) is 11.8 Å². The molecule has 1 aliphatic rings. The van der Waals surface area contributed by atoms with Gasteiger partial charge in [-0.3, -0.25) is 0 Å². The lowest BCUT2D eigenvalue weighted by atomic mass is 9.90. The van der Waals surface area contributed by atoms with E-state index in [1.54, 1.807) is 6.92 Å². The molecule has 1 saturated heterocycles. The topological polar surface area (TPSA) is 3.24 Å². The fraction of sp³-hybridized carbons (Fsp3) is 0.846. The summed E-state index contributed by atoms with van der Waals surface area (Å²) in [6.07, 6.45) is 1.12. The second-order valence-corrected chi connectivity index (χ2v) is 5.68. The van der Waals surface area contributed by atoms with Gasteiger partial charge in [-0.1, -0.05) is 26.7 Å². The molecule has 1 aliphatic heterocycles. The van der Waals surface area contributed by atoms with Crippen LogP contribution >= 0.6 is 0 Å². The van der Waals surface area contributed by atoms with Crippen LogP contribution in [0.15, 0.2) is 0 Å². The average Bonchev–Trinajstić information content (AvgIpc) is 2.08. The van der Waals surface area contributed by atoms with E-state index in [0.29, 0.717) is 18.3 Å². The lowest BCUT2D eigenvalue weighted by molar-refractivity contribution is 0.0818. The van der Waals surface area contributed by atoms with E-state index in [-0.39, 0.29) is 0 Å². The number of rotatable bonds is 1. The van der Waals surface area contributed by atoms with Gasteiger partial charge in [0.05, 0.1) is 0 Å². The lowest BCUT2D eigenvalue weighted by Gasteiger charge is -2.37. The Labute approximate surface area is 93.0 Å². The number of hydrogen-bond acceptors (Lipinski definition) is 1. The van der Waals surface area contributed by atoms with E-state index in [0.717, 1.165) is 19.6 Å². The molecule has 0 radical (unpaired) electrons. The molecule has 0 aromatic carbocycles. The predicted octanol–water partition coefficient (Wildman–Crippen LogP) is 2.86. The Hall–Kier alpha value is -0.550. The third-order valence-electron chi connectivity index (χ3n) is 2.70. The van der Waals surface area contributed by atoms with Gasteiger partial charge in [-0.25, -0.2) is 4.39 Å². The van der Waals surface area contributed by atoms with Crippen molar-refractivity contribution in [1.82, 2.24) is 4.90 Å². The molecule has 0 bridgehead atoms. The van der Waals surface area contributed by atoms with E-state index in [1.165, 1.54) is 0 Å². The summed E-state index contributed by atoms with van der Waals surface area (Å²) < 4.78 is 14.0. The van der Waals surface area contributed by atoms with E-state index >= 15 is 0 Å². The molecule has 0 atom stereocenters. The first kappa shape index (κ1) is 12.5. The molecule has 2 heteroatoms. The van der Waals surface area contributed by atoms with E-state index in [9.17, 15) is 4.39 Å². The molecule has 0 unspecified atom stereocenters. The maximum atomic E-state index is 14.0. The van der Waals surface area contributed by atoms with Crippen LogP contribution in [-0.4, -0.2) is 30.2 Å². The van der Waals surface area contributed by atoms with Crippen LogP contribution in [0.2, 0.25) is 0 Å². The SMILES string of the molecule is CC#CC1(F)CCN(CC(C)(C)C)CC1. The summed E-state index contributed by atoms with van der Waals surface area (Å²) >= 11 is 0. The van der Waals surface area contributed by atoms with Crippen LogP contribution in [0, 0.1) is 17.3 Å². The van der Waals surface area contributed by atoms with Gasteiger partial charge in [-0.15, -0.1) is 5.92 Å². The van der Waals surface area contributed by atoms with Crippen molar-refractivity contribution in [3.05, 3.63) is 0 Å². The Kier molecular flexibility index (Phi) is 3.78. The highest BCUT2D eigenvalue weighted by Gasteiger charge is 2.33. The average molecular weight is 211 g/mol. The summed E-state index contributed by atoms with van der Waals surface area (Å²) in [7, 11) is 0. The van der Waals surface area contributed by atoms with E-state index in [1.807, 2.05) is 0 Å². The highest BCUT2D eigenvalue weighted by molar-refractivity contribution is 5.14. The zero-order valence-electron chi connectivity index (χ0n) is 10.4. The van der Waals surface area contributed by atoms with Crippen LogP contribution in [0.3, 0.4) is 0 Å². The van der Waals surface area contributed by atoms with Crippen molar-refractivity contribution in [2.75, 3.05) is 19.6 Å². The summed E-state index contributed by atoms with van der Waals surface area (Å²) in [5.41, 5.74) is -0.921. The second kappa shape index (κ2) is 4.53. The van der Waals surface area contributed by atoms with Crippen molar-refractivity contribution in [1.29, 1.82) is 0 Å². The zero-order chi connectivity index (χ0) is 11.5. The standard InChI is InChI=1S/C13H22FN/c1-5-6-13(14)7-9-15(10-8-13)11-12(2,3)4/h7-11H2,1-4H3. The van der Waals surface area contributed by atoms with Gasteiger partial charge in [0.2, 0.25) is 0 Å². The Morgan fingerprint density at radius 1 is 1.27 bits per heavy atom. The predicted molar refractivity (Wildman–Crippen MR) is 62.4 cm³/mol. The Bertz CT molecular complexity index is 258. The molecule has 0 aromatic rings. The van der Waals surface area contributed by atoms with Crippen molar-refractivity contribution in [3.63, 3.8) is 0 Å². The number of alkyl halides is 1. The van der Waals surface area contributed by atoms with E-state index in [4.69, 9.17) is 0 Å². The number of nitrogens with zero attached hydrogens (tertiary/aromatic N) is 1. The lowest BCUT2D eigenvalue weighted by Crippen LogP contribution is -2.44. The molecule has 0 N–H and O–H groups in total. The molecule has 1 fully saturated rings. The van der Waals surface area contributed by atoms with Crippen LogP contribution in [0.5, 0.6) is 0 Å². The van der Waals surface area contributed by atoms with Gasteiger partial charge in [0.1, 0.15) is 0 Å². The molecule has 0 aliphatic carbocycles. The monoisotopic (exact) mass is 211 g/mol. The normalized spacial score (nSPS) is 21.9. The largest absolute Gasteiger partial charge is 0.303 e. The first-order valence-corrected chi connectivity index (χ1v) is 5.70. The second-order valence-electron chi connectivity index (χ2n) is 5.68. The third kappa shape index (κ3) is 4.22. The Morgan fingerprint density at radius 3 is 2.20 bits per heavy atom. The van der Waals surface area contributed by atoms with Crippen molar-refractivity contribution >= 4 is 0 Å². The van der Waals surface area contributed by atoms with Gasteiger partial charge < -0.3 is 4.90 Å². The van der Waals surface area contributed by atoms with Crippen LogP contribution in [0.1, 0.15) is 40.5 Å². The summed E-state index contributed by atoms with van der Waals surface area (Å²) in [5.74, 6) is 5.40.